The highest BCUT2D eigenvalue weighted by Gasteiger charge is 2.16. The molecule has 0 aliphatic rings. The van der Waals surface area contributed by atoms with Crippen LogP contribution in [0.3, 0.4) is 0 Å². The lowest BCUT2D eigenvalue weighted by molar-refractivity contribution is 0.149. The van der Waals surface area contributed by atoms with Gasteiger partial charge >= 0.3 is 6.09 Å². The normalized spacial score (nSPS) is 15.9. The van der Waals surface area contributed by atoms with E-state index in [1.54, 1.807) is 0 Å². The van der Waals surface area contributed by atoms with Gasteiger partial charge in [0.05, 0.1) is 12.6 Å². The average molecular weight is 151 g/mol. The van der Waals surface area contributed by atoms with E-state index in [-0.39, 0.29) is 0 Å². The fraction of sp³-hybridized carbons (Fsp3) is 0.800. The Morgan fingerprint density at radius 2 is 2.30 bits per heavy atom. The Bertz CT molecular complexity index is 117. The van der Waals surface area contributed by atoms with E-state index in [4.69, 9.17) is 10.2 Å². The average Bonchev–Trinajstić information content (AvgIpc) is 1.81. The van der Waals surface area contributed by atoms with Crippen LogP contribution in [0.2, 0.25) is 0 Å². The molecule has 4 nitrogen and oxygen atoms in total. The molecule has 0 saturated heterocycles. The molecule has 0 aromatic rings. The summed E-state index contributed by atoms with van der Waals surface area (Å²) < 4.78 is 12.2. The van der Waals surface area contributed by atoms with Crippen LogP contribution in [0.25, 0.3) is 0 Å². The van der Waals surface area contributed by atoms with Gasteiger partial charge < -0.3 is 15.5 Å². The number of carbonyl (C=O) groups is 1. The number of rotatable bonds is 3. The quantitative estimate of drug-likeness (QED) is 0.530. The zero-order valence-electron chi connectivity index (χ0n) is 5.54. The molecule has 2 unspecified atom stereocenters. The number of aliphatic hydroxyl groups is 1. The van der Waals surface area contributed by atoms with E-state index >= 15 is 0 Å². The van der Waals surface area contributed by atoms with Crippen LogP contribution < -0.4 is 5.32 Å². The van der Waals surface area contributed by atoms with Crippen LogP contribution in [-0.2, 0) is 0 Å². The van der Waals surface area contributed by atoms with Crippen LogP contribution >= 0.6 is 0 Å². The van der Waals surface area contributed by atoms with Crippen LogP contribution in [0.1, 0.15) is 6.92 Å². The predicted octanol–water partition coefficient (Wildman–Crippen LogP) is -0.0271. The first kappa shape index (κ1) is 9.16. The fourth-order valence-electron chi connectivity index (χ4n) is 0.464. The van der Waals surface area contributed by atoms with E-state index < -0.39 is 24.9 Å². The van der Waals surface area contributed by atoms with Crippen molar-refractivity contribution >= 4 is 6.09 Å². The molecule has 0 aromatic heterocycles. The van der Waals surface area contributed by atoms with Gasteiger partial charge in [0, 0.05) is 0 Å². The largest absolute Gasteiger partial charge is 0.465 e. The lowest BCUT2D eigenvalue weighted by atomic mass is 10.2. The molecule has 3 N–H and O–H groups in total. The molecule has 0 aliphatic carbocycles. The van der Waals surface area contributed by atoms with Crippen LogP contribution in [-0.4, -0.2) is 35.1 Å². The third-order valence-corrected chi connectivity index (χ3v) is 1.06. The molecule has 0 radical (unpaired) electrons. The van der Waals surface area contributed by atoms with Crippen molar-refractivity contribution in [1.29, 1.82) is 0 Å². The number of hydrogen-bond donors (Lipinski definition) is 3. The summed E-state index contributed by atoms with van der Waals surface area (Å²) in [5.74, 6) is 0. The standard InChI is InChI=1S/C5H10FNO3/c1-3(6)4(2-8)7-5(9)10/h3-4,7-8H,2H2,1H3,(H,9,10). The number of alkyl halides is 1. The fourth-order valence-corrected chi connectivity index (χ4v) is 0.464. The van der Waals surface area contributed by atoms with E-state index in [0.717, 1.165) is 0 Å². The Labute approximate surface area is 57.7 Å². The molecule has 0 aliphatic heterocycles. The van der Waals surface area contributed by atoms with Gasteiger partial charge in [-0.2, -0.15) is 0 Å². The number of carboxylic acid groups (broad SMARTS) is 1. The summed E-state index contributed by atoms with van der Waals surface area (Å²) in [7, 11) is 0. The second kappa shape index (κ2) is 4.05. The van der Waals surface area contributed by atoms with Crippen molar-refractivity contribution in [3.8, 4) is 0 Å². The Balaban J connectivity index is 3.71. The van der Waals surface area contributed by atoms with Gasteiger partial charge in [-0.15, -0.1) is 0 Å². The zero-order chi connectivity index (χ0) is 8.15. The van der Waals surface area contributed by atoms with Crippen LogP contribution in [0.5, 0.6) is 0 Å². The highest BCUT2D eigenvalue weighted by Crippen LogP contribution is 1.95. The Morgan fingerprint density at radius 1 is 1.80 bits per heavy atom. The Hall–Kier alpha value is -0.840. The lowest BCUT2D eigenvalue weighted by Crippen LogP contribution is -2.42. The molecule has 60 valence electrons. The van der Waals surface area contributed by atoms with E-state index in [2.05, 4.69) is 0 Å². The first-order chi connectivity index (χ1) is 4.57. The topological polar surface area (TPSA) is 69.6 Å². The maximum atomic E-state index is 12.2. The van der Waals surface area contributed by atoms with Gasteiger partial charge in [-0.25, -0.2) is 9.18 Å². The molecular formula is C5H10FNO3. The molecule has 5 heteroatoms. The van der Waals surface area contributed by atoms with E-state index in [1.807, 2.05) is 5.32 Å². The number of amides is 1. The molecule has 0 heterocycles. The molecule has 0 saturated carbocycles. The summed E-state index contributed by atoms with van der Waals surface area (Å²) in [6.45, 7) is 0.654. The number of hydrogen-bond acceptors (Lipinski definition) is 2. The first-order valence-electron chi connectivity index (χ1n) is 2.82. The minimum Gasteiger partial charge on any atom is -0.465 e. The molecular weight excluding hydrogens is 141 g/mol. The van der Waals surface area contributed by atoms with Crippen molar-refractivity contribution in [3.63, 3.8) is 0 Å². The van der Waals surface area contributed by atoms with Crippen LogP contribution in [0.4, 0.5) is 9.18 Å². The first-order valence-corrected chi connectivity index (χ1v) is 2.82. The van der Waals surface area contributed by atoms with Gasteiger partial charge in [-0.3, -0.25) is 0 Å². The molecule has 0 aromatic carbocycles. The maximum Gasteiger partial charge on any atom is 0.405 e. The van der Waals surface area contributed by atoms with Gasteiger partial charge in [0.15, 0.2) is 0 Å². The van der Waals surface area contributed by atoms with E-state index in [0.29, 0.717) is 0 Å². The van der Waals surface area contributed by atoms with Crippen molar-refractivity contribution in [1.82, 2.24) is 5.32 Å². The van der Waals surface area contributed by atoms with E-state index in [1.165, 1.54) is 6.92 Å². The molecule has 2 atom stereocenters. The summed E-state index contributed by atoms with van der Waals surface area (Å²) >= 11 is 0. The van der Waals surface area contributed by atoms with Crippen LogP contribution in [0.15, 0.2) is 0 Å². The lowest BCUT2D eigenvalue weighted by Gasteiger charge is -2.14. The van der Waals surface area contributed by atoms with Gasteiger partial charge in [0.2, 0.25) is 0 Å². The van der Waals surface area contributed by atoms with Gasteiger partial charge in [-0.05, 0) is 6.92 Å². The van der Waals surface area contributed by atoms with Crippen molar-refractivity contribution in [3.05, 3.63) is 0 Å². The highest BCUT2D eigenvalue weighted by molar-refractivity contribution is 5.64. The summed E-state index contributed by atoms with van der Waals surface area (Å²) in [6.07, 6.45) is -2.70. The molecule has 0 spiro atoms. The predicted molar refractivity (Wildman–Crippen MR) is 32.6 cm³/mol. The Morgan fingerprint density at radius 3 is 2.40 bits per heavy atom. The third kappa shape index (κ3) is 3.24. The molecule has 0 rings (SSSR count). The maximum absolute atomic E-state index is 12.2. The second-order valence-corrected chi connectivity index (χ2v) is 1.92. The van der Waals surface area contributed by atoms with Crippen molar-refractivity contribution in [2.75, 3.05) is 6.61 Å². The summed E-state index contributed by atoms with van der Waals surface area (Å²) in [4.78, 5) is 9.88. The van der Waals surface area contributed by atoms with Crippen molar-refractivity contribution < 1.29 is 19.4 Å². The van der Waals surface area contributed by atoms with Crippen LogP contribution in [0, 0.1) is 0 Å². The number of nitrogens with one attached hydrogen (secondary N) is 1. The highest BCUT2D eigenvalue weighted by atomic mass is 19.1. The monoisotopic (exact) mass is 151 g/mol. The van der Waals surface area contributed by atoms with Gasteiger partial charge in [0.1, 0.15) is 6.17 Å². The summed E-state index contributed by atoms with van der Waals surface area (Å²) in [5, 5.41) is 18.3. The zero-order valence-corrected chi connectivity index (χ0v) is 5.54. The number of halogens is 1. The SMILES string of the molecule is CC(F)C(CO)NC(=O)O. The smallest absolute Gasteiger partial charge is 0.405 e. The van der Waals surface area contributed by atoms with Crippen molar-refractivity contribution in [2.24, 2.45) is 0 Å². The molecule has 0 fully saturated rings. The number of aliphatic hydroxyl groups excluding tert-OH is 1. The van der Waals surface area contributed by atoms with E-state index in [9.17, 15) is 9.18 Å². The minimum absolute atomic E-state index is 0.524. The Kier molecular flexibility index (Phi) is 3.71. The van der Waals surface area contributed by atoms with Gasteiger partial charge in [-0.1, -0.05) is 0 Å². The second-order valence-electron chi connectivity index (χ2n) is 1.92. The minimum atomic E-state index is -1.37. The third-order valence-electron chi connectivity index (χ3n) is 1.06. The van der Waals surface area contributed by atoms with Gasteiger partial charge in [0.25, 0.3) is 0 Å². The summed E-state index contributed by atoms with van der Waals surface area (Å²) in [6, 6.07) is -1.02. The molecule has 10 heavy (non-hydrogen) atoms. The molecule has 0 bridgehead atoms. The molecule has 1 amide bonds. The summed E-state index contributed by atoms with van der Waals surface area (Å²) in [5.41, 5.74) is 0. The van der Waals surface area contributed by atoms with Crippen molar-refractivity contribution in [2.45, 2.75) is 19.1 Å².